The van der Waals surface area contributed by atoms with Crippen molar-refractivity contribution in [2.75, 3.05) is 19.8 Å². The van der Waals surface area contributed by atoms with Crippen molar-refractivity contribution >= 4 is 6.09 Å². The van der Waals surface area contributed by atoms with Gasteiger partial charge in [-0.25, -0.2) is 4.79 Å². The average molecular weight is 978 g/mol. The van der Waals surface area contributed by atoms with Gasteiger partial charge in [0.25, 0.3) is 0 Å². The molecule has 1 aliphatic rings. The number of rotatable bonds is 48. The van der Waals surface area contributed by atoms with Crippen molar-refractivity contribution in [3.05, 3.63) is 35.9 Å². The van der Waals surface area contributed by atoms with E-state index in [1.165, 1.54) is 193 Å². The van der Waals surface area contributed by atoms with Crippen LogP contribution in [-0.2, 0) is 20.8 Å². The summed E-state index contributed by atoms with van der Waals surface area (Å²) in [6.45, 7) is 4.91. The summed E-state index contributed by atoms with van der Waals surface area (Å²) in [6, 6.07) is 8.69. The third kappa shape index (κ3) is 33.5. The van der Waals surface area contributed by atoms with Gasteiger partial charge in [0.2, 0.25) is 0 Å². The fourth-order valence-electron chi connectivity index (χ4n) is 9.66. The lowest BCUT2D eigenvalue weighted by Crippen LogP contribution is -2.60. The topological polar surface area (TPSA) is 170 Å². The first-order valence-electron chi connectivity index (χ1n) is 29.1. The molecule has 0 saturated carbocycles. The molecule has 2 rings (SSSR count). The number of aliphatic hydroxyl groups is 5. The molecule has 11 nitrogen and oxygen atoms in total. The van der Waals surface area contributed by atoms with Crippen LogP contribution in [0.3, 0.4) is 0 Å². The van der Waals surface area contributed by atoms with Gasteiger partial charge in [0.05, 0.1) is 24.9 Å². The highest BCUT2D eigenvalue weighted by molar-refractivity contribution is 5.67. The maximum atomic E-state index is 12.4. The second kappa shape index (κ2) is 44.8. The Labute approximate surface area is 422 Å². The molecule has 69 heavy (non-hydrogen) atoms. The number of ether oxygens (including phenoxy) is 3. The Morgan fingerprint density at radius 3 is 1.39 bits per heavy atom. The van der Waals surface area contributed by atoms with Gasteiger partial charge in [0.15, 0.2) is 6.29 Å². The van der Waals surface area contributed by atoms with Crippen LogP contribution in [0.5, 0.6) is 0 Å². The maximum absolute atomic E-state index is 12.4. The molecule has 0 radical (unpaired) electrons. The third-order valence-corrected chi connectivity index (χ3v) is 14.4. The predicted octanol–water partition coefficient (Wildman–Crippen LogP) is 12.9. The number of carbonyl (C=O) groups is 1. The standard InChI is InChI=1S/C58H108N2O9/c1-3-5-7-9-11-13-15-17-18-19-20-21-22-23-24-25-26-27-28-30-32-34-36-41-45-59-50(53(62)51(61)44-40-35-33-31-29-16-14-12-10-8-6-4-2)47-67-57-56(65)55(64)54(63)52(69-57)48-68-58(66)60-46-49-42-38-37-39-43-49/h37-39,42-43,50-57,59,61-65H,3-36,40-41,44-48H2,1-2H3,(H,60,66)/t50-,51+,52+,53-,54-,55-,56+,57-/m0/s1. The van der Waals surface area contributed by atoms with Crippen molar-refractivity contribution in [3.8, 4) is 0 Å². The average Bonchev–Trinajstić information content (AvgIpc) is 3.36. The Hall–Kier alpha value is -1.83. The molecule has 1 saturated heterocycles. The first-order valence-corrected chi connectivity index (χ1v) is 29.1. The number of hydrogen-bond acceptors (Lipinski definition) is 10. The molecule has 404 valence electrons. The van der Waals surface area contributed by atoms with Gasteiger partial charge < -0.3 is 50.4 Å². The molecule has 1 heterocycles. The fourth-order valence-corrected chi connectivity index (χ4v) is 9.66. The first-order chi connectivity index (χ1) is 33.8. The van der Waals surface area contributed by atoms with E-state index in [-0.39, 0.29) is 19.8 Å². The van der Waals surface area contributed by atoms with Gasteiger partial charge in [-0.3, -0.25) is 0 Å². The number of benzene rings is 1. The van der Waals surface area contributed by atoms with Gasteiger partial charge in [0, 0.05) is 6.54 Å². The van der Waals surface area contributed by atoms with Crippen LogP contribution in [0.15, 0.2) is 30.3 Å². The number of amides is 1. The molecule has 0 spiro atoms. The molecule has 11 heteroatoms. The van der Waals surface area contributed by atoms with Gasteiger partial charge in [-0.2, -0.15) is 0 Å². The molecule has 1 aromatic rings. The fraction of sp³-hybridized carbons (Fsp3) is 0.879. The van der Waals surface area contributed by atoms with Gasteiger partial charge in [0.1, 0.15) is 31.0 Å². The monoisotopic (exact) mass is 977 g/mol. The molecule has 1 aromatic carbocycles. The van der Waals surface area contributed by atoms with Crippen LogP contribution in [0, 0.1) is 0 Å². The molecule has 8 atom stereocenters. The molecule has 1 aliphatic heterocycles. The van der Waals surface area contributed by atoms with Crippen molar-refractivity contribution in [1.82, 2.24) is 10.6 Å². The Morgan fingerprint density at radius 2 is 0.957 bits per heavy atom. The van der Waals surface area contributed by atoms with Crippen molar-refractivity contribution in [1.29, 1.82) is 0 Å². The highest BCUT2D eigenvalue weighted by atomic mass is 16.7. The molecule has 1 fully saturated rings. The number of carbonyl (C=O) groups excluding carboxylic acids is 1. The number of hydrogen-bond donors (Lipinski definition) is 7. The van der Waals surface area contributed by atoms with Crippen molar-refractivity contribution in [3.63, 3.8) is 0 Å². The van der Waals surface area contributed by atoms with E-state index in [9.17, 15) is 30.3 Å². The summed E-state index contributed by atoms with van der Waals surface area (Å²) >= 11 is 0. The SMILES string of the molecule is CCCCCCCCCCCCCCCCCCCCCCCCCCN[C@@H](CO[C@H]1O[C@H](COC(=O)NCc2ccccc2)[C@H](O)[C@H](O)[C@H]1O)[C@H](O)[C@H](O)CCCCCCCCCCCCCC. The third-order valence-electron chi connectivity index (χ3n) is 14.4. The molecular formula is C58H108N2O9. The molecular weight excluding hydrogens is 869 g/mol. The van der Waals surface area contributed by atoms with Crippen LogP contribution in [0.4, 0.5) is 4.79 Å². The number of nitrogens with one attached hydrogen (secondary N) is 2. The van der Waals surface area contributed by atoms with Crippen LogP contribution in [0.2, 0.25) is 0 Å². The molecule has 0 bridgehead atoms. The van der Waals surface area contributed by atoms with Crippen LogP contribution in [0.25, 0.3) is 0 Å². The van der Waals surface area contributed by atoms with Crippen LogP contribution in [-0.4, -0.2) is 100 Å². The minimum Gasteiger partial charge on any atom is -0.447 e. The zero-order valence-electron chi connectivity index (χ0n) is 44.4. The number of unbranched alkanes of at least 4 members (excludes halogenated alkanes) is 34. The van der Waals surface area contributed by atoms with Gasteiger partial charge in [-0.05, 0) is 24.9 Å². The van der Waals surface area contributed by atoms with Crippen molar-refractivity contribution in [2.45, 2.75) is 307 Å². The van der Waals surface area contributed by atoms with E-state index < -0.39 is 55.0 Å². The van der Waals surface area contributed by atoms with E-state index in [1.54, 1.807) is 0 Å². The quantitative estimate of drug-likeness (QED) is 0.0312. The molecule has 1 amide bonds. The van der Waals surface area contributed by atoms with Crippen molar-refractivity contribution < 1.29 is 44.5 Å². The van der Waals surface area contributed by atoms with Crippen molar-refractivity contribution in [2.24, 2.45) is 0 Å². The zero-order chi connectivity index (χ0) is 49.8. The first kappa shape index (κ1) is 63.3. The van der Waals surface area contributed by atoms with E-state index in [4.69, 9.17) is 14.2 Å². The molecule has 0 aromatic heterocycles. The number of aliphatic hydroxyl groups excluding tert-OH is 5. The summed E-state index contributed by atoms with van der Waals surface area (Å²) in [5.41, 5.74) is 0.890. The normalized spacial score (nSPS) is 19.7. The summed E-state index contributed by atoms with van der Waals surface area (Å²) in [5, 5.41) is 60.8. The smallest absolute Gasteiger partial charge is 0.407 e. The van der Waals surface area contributed by atoms with Gasteiger partial charge in [-0.15, -0.1) is 0 Å². The zero-order valence-corrected chi connectivity index (χ0v) is 44.4. The largest absolute Gasteiger partial charge is 0.447 e. The summed E-state index contributed by atoms with van der Waals surface area (Å²) in [4.78, 5) is 12.4. The lowest BCUT2D eigenvalue weighted by Gasteiger charge is -2.40. The van der Waals surface area contributed by atoms with Gasteiger partial charge in [-0.1, -0.05) is 269 Å². The Morgan fingerprint density at radius 1 is 0.551 bits per heavy atom. The summed E-state index contributed by atoms with van der Waals surface area (Å²) < 4.78 is 17.1. The highest BCUT2D eigenvalue weighted by Crippen LogP contribution is 2.24. The molecule has 7 N–H and O–H groups in total. The van der Waals surface area contributed by atoms with E-state index in [1.807, 2.05) is 30.3 Å². The second-order valence-corrected chi connectivity index (χ2v) is 20.7. The van der Waals surface area contributed by atoms with Crippen LogP contribution < -0.4 is 10.6 Å². The summed E-state index contributed by atoms with van der Waals surface area (Å²) in [6.07, 6.45) is 37.2. The molecule has 0 unspecified atom stereocenters. The van der Waals surface area contributed by atoms with E-state index in [0.717, 1.165) is 44.1 Å². The minimum atomic E-state index is -1.61. The summed E-state index contributed by atoms with van der Waals surface area (Å²) in [5.74, 6) is 0. The van der Waals surface area contributed by atoms with Crippen LogP contribution in [0.1, 0.15) is 257 Å². The Bertz CT molecular complexity index is 1260. The van der Waals surface area contributed by atoms with Crippen LogP contribution >= 0.6 is 0 Å². The molecule has 0 aliphatic carbocycles. The second-order valence-electron chi connectivity index (χ2n) is 20.7. The minimum absolute atomic E-state index is 0.119. The van der Waals surface area contributed by atoms with Gasteiger partial charge >= 0.3 is 6.09 Å². The Balaban J connectivity index is 1.67. The van der Waals surface area contributed by atoms with E-state index in [0.29, 0.717) is 13.0 Å². The van der Waals surface area contributed by atoms with E-state index >= 15 is 0 Å². The Kier molecular flexibility index (Phi) is 41.1. The predicted molar refractivity (Wildman–Crippen MR) is 283 cm³/mol. The maximum Gasteiger partial charge on any atom is 0.407 e. The van der Waals surface area contributed by atoms with E-state index in [2.05, 4.69) is 24.5 Å². The summed E-state index contributed by atoms with van der Waals surface area (Å²) in [7, 11) is 0. The number of alkyl carbamates (subject to hydrolysis) is 1. The lowest BCUT2D eigenvalue weighted by atomic mass is 9.98. The lowest BCUT2D eigenvalue weighted by molar-refractivity contribution is -0.303. The highest BCUT2D eigenvalue weighted by Gasteiger charge is 2.45.